The summed E-state index contributed by atoms with van der Waals surface area (Å²) in [7, 11) is 0. The second-order valence-electron chi connectivity index (χ2n) is 7.95. The van der Waals surface area contributed by atoms with Gasteiger partial charge in [-0.3, -0.25) is 14.1 Å². The third kappa shape index (κ3) is 4.76. The van der Waals surface area contributed by atoms with Crippen LogP contribution in [0.3, 0.4) is 0 Å². The molecule has 7 heteroatoms. The zero-order valence-corrected chi connectivity index (χ0v) is 19.1. The van der Waals surface area contributed by atoms with Crippen LogP contribution in [0, 0.1) is 0 Å². The van der Waals surface area contributed by atoms with Crippen molar-refractivity contribution in [3.05, 3.63) is 83.2 Å². The van der Waals surface area contributed by atoms with Gasteiger partial charge < -0.3 is 14.6 Å². The second kappa shape index (κ2) is 9.83. The lowest BCUT2D eigenvalue weighted by Gasteiger charge is -2.38. The Morgan fingerprint density at radius 1 is 1.09 bits per heavy atom. The summed E-state index contributed by atoms with van der Waals surface area (Å²) in [5.74, 6) is 1.52. The number of rotatable bonds is 9. The van der Waals surface area contributed by atoms with Gasteiger partial charge in [0.1, 0.15) is 28.2 Å². The van der Waals surface area contributed by atoms with E-state index in [4.69, 9.17) is 12.2 Å². The number of halogens is 1. The molecule has 1 aliphatic heterocycles. The number of phenols is 1. The van der Waals surface area contributed by atoms with Crippen LogP contribution in [-0.2, 0) is 0 Å². The van der Waals surface area contributed by atoms with Crippen molar-refractivity contribution in [3.63, 3.8) is 0 Å². The van der Waals surface area contributed by atoms with Gasteiger partial charge in [-0.1, -0.05) is 30.3 Å². The van der Waals surface area contributed by atoms with Gasteiger partial charge in [0.05, 0.1) is 6.67 Å². The highest BCUT2D eigenvalue weighted by atomic mass is 32.1. The van der Waals surface area contributed by atoms with Gasteiger partial charge in [0.2, 0.25) is 5.78 Å². The molecule has 0 aliphatic carbocycles. The van der Waals surface area contributed by atoms with Crippen molar-refractivity contribution < 1.29 is 26.5 Å². The summed E-state index contributed by atoms with van der Waals surface area (Å²) in [6.45, 7) is -1.58. The van der Waals surface area contributed by atoms with Crippen LogP contribution in [0.15, 0.2) is 72.8 Å². The number of ether oxygens (including phenoxy) is 2. The second-order valence-corrected chi connectivity index (χ2v) is 9.00. The SMILES string of the molecule is [2H]C([2H])(CCF)N1CC(Oc2ccc(Oc3c(C(=O)c4ccccc4)sc4cc(O)ccc34)cc2)C1. The topological polar surface area (TPSA) is 59.0 Å². The van der Waals surface area contributed by atoms with Crippen molar-refractivity contribution in [3.8, 4) is 23.0 Å². The predicted octanol–water partition coefficient (Wildman–Crippen LogP) is 6.05. The van der Waals surface area contributed by atoms with E-state index in [1.807, 2.05) is 18.2 Å². The average molecular weight is 480 g/mol. The lowest BCUT2D eigenvalue weighted by molar-refractivity contribution is 0.0184. The fraction of sp³-hybridized carbons (Fsp3) is 0.222. The molecule has 0 radical (unpaired) electrons. The van der Waals surface area contributed by atoms with Crippen LogP contribution in [0.2, 0.25) is 0 Å². The maximum Gasteiger partial charge on any atom is 0.206 e. The molecular weight excluding hydrogens is 453 g/mol. The Labute approximate surface area is 203 Å². The molecule has 0 atom stereocenters. The van der Waals surface area contributed by atoms with E-state index in [-0.39, 0.29) is 24.1 Å². The van der Waals surface area contributed by atoms with Crippen LogP contribution in [0.25, 0.3) is 10.1 Å². The number of fused-ring (bicyclic) bond motifs is 1. The molecule has 0 saturated carbocycles. The summed E-state index contributed by atoms with van der Waals surface area (Å²) in [6.07, 6.45) is -0.327. The maximum absolute atomic E-state index is 13.3. The molecule has 3 aromatic carbocycles. The van der Waals surface area contributed by atoms with Crippen LogP contribution >= 0.6 is 11.3 Å². The quantitative estimate of drug-likeness (QED) is 0.296. The summed E-state index contributed by atoms with van der Waals surface area (Å²) in [5, 5.41) is 10.6. The molecule has 0 bridgehead atoms. The number of benzene rings is 3. The molecule has 1 saturated heterocycles. The minimum Gasteiger partial charge on any atom is -0.508 e. The number of aromatic hydroxyl groups is 1. The first-order valence-electron chi connectivity index (χ1n) is 11.9. The lowest BCUT2D eigenvalue weighted by Crippen LogP contribution is -2.53. The molecule has 0 spiro atoms. The summed E-state index contributed by atoms with van der Waals surface area (Å²) in [6, 6.07) is 20.9. The van der Waals surface area contributed by atoms with Crippen LogP contribution < -0.4 is 9.47 Å². The number of alkyl halides is 1. The van der Waals surface area contributed by atoms with Gasteiger partial charge in [0, 0.05) is 38.0 Å². The summed E-state index contributed by atoms with van der Waals surface area (Å²) < 4.78 is 41.2. The van der Waals surface area contributed by atoms with Crippen molar-refractivity contribution in [1.82, 2.24) is 4.90 Å². The van der Waals surface area contributed by atoms with E-state index in [9.17, 15) is 14.3 Å². The van der Waals surface area contributed by atoms with Gasteiger partial charge in [-0.15, -0.1) is 11.3 Å². The summed E-state index contributed by atoms with van der Waals surface area (Å²) in [4.78, 5) is 15.3. The van der Waals surface area contributed by atoms with E-state index in [0.717, 1.165) is 10.1 Å². The van der Waals surface area contributed by atoms with Crippen molar-refractivity contribution >= 4 is 27.2 Å². The first kappa shape index (κ1) is 20.0. The average Bonchev–Trinajstić information content (AvgIpc) is 3.19. The van der Waals surface area contributed by atoms with Gasteiger partial charge in [-0.05, 0) is 48.9 Å². The smallest absolute Gasteiger partial charge is 0.206 e. The number of carbonyl (C=O) groups excluding carboxylic acids is 1. The maximum atomic E-state index is 13.3. The van der Waals surface area contributed by atoms with E-state index in [1.165, 1.54) is 11.3 Å². The summed E-state index contributed by atoms with van der Waals surface area (Å²) in [5.41, 5.74) is 0.548. The number of thiophene rings is 1. The molecule has 1 N–H and O–H groups in total. The Balaban J connectivity index is 1.33. The molecule has 1 aromatic heterocycles. The Kier molecular flexibility index (Phi) is 5.78. The number of carbonyl (C=O) groups is 1. The highest BCUT2D eigenvalue weighted by molar-refractivity contribution is 7.21. The van der Waals surface area contributed by atoms with E-state index >= 15 is 0 Å². The third-order valence-electron chi connectivity index (χ3n) is 5.49. The van der Waals surface area contributed by atoms with E-state index in [2.05, 4.69) is 0 Å². The first-order chi connectivity index (χ1) is 17.3. The first-order valence-corrected chi connectivity index (χ1v) is 11.8. The molecule has 1 aliphatic rings. The molecule has 0 unspecified atom stereocenters. The molecule has 4 aromatic rings. The summed E-state index contributed by atoms with van der Waals surface area (Å²) >= 11 is 1.27. The van der Waals surface area contributed by atoms with Crippen LogP contribution in [0.5, 0.6) is 23.0 Å². The number of hydrogen-bond donors (Lipinski definition) is 1. The van der Waals surface area contributed by atoms with E-state index < -0.39 is 13.2 Å². The van der Waals surface area contributed by atoms with Crippen molar-refractivity contribution in [1.29, 1.82) is 0 Å². The standard InChI is InChI=1S/C27H24FNO4S/c28-13-4-14-29-16-22(17-29)32-20-8-10-21(11-9-20)33-26-23-12-7-19(30)15-24(23)34-27(26)25(31)18-5-2-1-3-6-18/h1-3,5-12,15,22,30H,4,13-14,16-17H2/i14D2. The lowest BCUT2D eigenvalue weighted by atomic mass is 10.1. The van der Waals surface area contributed by atoms with Crippen LogP contribution in [0.1, 0.15) is 24.4 Å². The molecule has 1 fully saturated rings. The molecule has 2 heterocycles. The number of hydrogen-bond acceptors (Lipinski definition) is 6. The van der Waals surface area contributed by atoms with E-state index in [0.29, 0.717) is 40.8 Å². The van der Waals surface area contributed by atoms with Crippen LogP contribution in [0.4, 0.5) is 4.39 Å². The molecule has 34 heavy (non-hydrogen) atoms. The number of ketones is 1. The van der Waals surface area contributed by atoms with Crippen molar-refractivity contribution in [2.75, 3.05) is 26.3 Å². The Hall–Kier alpha value is -3.42. The number of nitrogens with zero attached hydrogens (tertiary/aromatic N) is 1. The fourth-order valence-electron chi connectivity index (χ4n) is 3.77. The molecular formula is C27H24FNO4S. The monoisotopic (exact) mass is 479 g/mol. The van der Waals surface area contributed by atoms with Gasteiger partial charge in [0.25, 0.3) is 0 Å². The van der Waals surface area contributed by atoms with Crippen molar-refractivity contribution in [2.24, 2.45) is 0 Å². The highest BCUT2D eigenvalue weighted by Crippen LogP contribution is 2.42. The van der Waals surface area contributed by atoms with Gasteiger partial charge in [-0.2, -0.15) is 0 Å². The Bertz CT molecular complexity index is 1370. The third-order valence-corrected chi connectivity index (χ3v) is 6.63. The largest absolute Gasteiger partial charge is 0.508 e. The van der Waals surface area contributed by atoms with Crippen LogP contribution in [-0.4, -0.2) is 48.2 Å². The predicted molar refractivity (Wildman–Crippen MR) is 131 cm³/mol. The van der Waals surface area contributed by atoms with Gasteiger partial charge >= 0.3 is 0 Å². The fourth-order valence-corrected chi connectivity index (χ4v) is 4.90. The molecule has 174 valence electrons. The van der Waals surface area contributed by atoms with Crippen molar-refractivity contribution in [2.45, 2.75) is 12.5 Å². The van der Waals surface area contributed by atoms with E-state index in [1.54, 1.807) is 59.5 Å². The van der Waals surface area contributed by atoms with Gasteiger partial charge in [-0.25, -0.2) is 0 Å². The molecule has 5 rings (SSSR count). The molecule has 0 amide bonds. The normalized spacial score (nSPS) is 15.4. The number of likely N-dealkylation sites (tertiary alicyclic amines) is 1. The highest BCUT2D eigenvalue weighted by Gasteiger charge is 2.28. The molecule has 5 nitrogen and oxygen atoms in total. The number of phenolic OH excluding ortho intramolecular Hbond substituents is 1. The zero-order valence-electron chi connectivity index (χ0n) is 20.2. The zero-order chi connectivity index (χ0) is 25.3. The minimum atomic E-state index is -1.67. The minimum absolute atomic E-state index is 0.114. The Morgan fingerprint density at radius 2 is 1.82 bits per heavy atom. The Morgan fingerprint density at radius 3 is 2.56 bits per heavy atom. The van der Waals surface area contributed by atoms with Gasteiger partial charge in [0.15, 0.2) is 5.75 Å².